The number of benzene rings is 1. The van der Waals surface area contributed by atoms with E-state index in [2.05, 4.69) is 10.2 Å². The van der Waals surface area contributed by atoms with Crippen LogP contribution in [0.25, 0.3) is 0 Å². The van der Waals surface area contributed by atoms with Gasteiger partial charge in [-0.15, -0.1) is 0 Å². The van der Waals surface area contributed by atoms with Crippen molar-refractivity contribution in [2.45, 2.75) is 6.10 Å². The molecule has 1 aromatic carbocycles. The second-order valence-corrected chi connectivity index (χ2v) is 4.67. The highest BCUT2D eigenvalue weighted by molar-refractivity contribution is 5.97. The zero-order valence-electron chi connectivity index (χ0n) is 10.8. The molecule has 1 aliphatic rings. The number of amides is 1. The molecular weight excluding hydrogens is 248 g/mol. The third kappa shape index (κ3) is 3.59. The lowest BCUT2D eigenvalue weighted by Crippen LogP contribution is -2.45. The zero-order valence-corrected chi connectivity index (χ0v) is 10.8. The molecule has 0 aromatic heterocycles. The fourth-order valence-electron chi connectivity index (χ4n) is 2.00. The average molecular weight is 266 g/mol. The van der Waals surface area contributed by atoms with Crippen molar-refractivity contribution < 1.29 is 19.7 Å². The number of phenolic OH excluding ortho intramolecular Hbond substituents is 2. The van der Waals surface area contributed by atoms with Crippen molar-refractivity contribution in [1.29, 1.82) is 0 Å². The summed E-state index contributed by atoms with van der Waals surface area (Å²) in [6.45, 7) is 2.66. The summed E-state index contributed by atoms with van der Waals surface area (Å²) in [5.41, 5.74) is 0.0594. The molecule has 1 unspecified atom stereocenters. The van der Waals surface area contributed by atoms with Crippen LogP contribution in [-0.4, -0.2) is 60.4 Å². The van der Waals surface area contributed by atoms with E-state index in [1.807, 2.05) is 7.05 Å². The van der Waals surface area contributed by atoms with Gasteiger partial charge in [-0.1, -0.05) is 0 Å². The molecule has 1 saturated heterocycles. The first-order valence-corrected chi connectivity index (χ1v) is 6.16. The van der Waals surface area contributed by atoms with Crippen LogP contribution in [0.3, 0.4) is 0 Å². The molecule has 1 fully saturated rings. The molecule has 6 heteroatoms. The molecule has 1 aromatic rings. The van der Waals surface area contributed by atoms with E-state index < -0.39 is 5.91 Å². The molecule has 19 heavy (non-hydrogen) atoms. The van der Waals surface area contributed by atoms with Gasteiger partial charge in [0, 0.05) is 19.6 Å². The van der Waals surface area contributed by atoms with E-state index >= 15 is 0 Å². The normalized spacial score (nSPS) is 20.2. The number of carbonyl (C=O) groups excluding carboxylic acids is 1. The van der Waals surface area contributed by atoms with Crippen molar-refractivity contribution in [1.82, 2.24) is 10.2 Å². The first-order chi connectivity index (χ1) is 9.06. The molecular formula is C13H18N2O4. The SMILES string of the molecule is CN1CCOC(CNC(=O)c2cc(O)ccc2O)C1. The average Bonchev–Trinajstić information content (AvgIpc) is 2.39. The molecule has 0 spiro atoms. The maximum absolute atomic E-state index is 11.9. The standard InChI is InChI=1S/C13H18N2O4/c1-15-4-5-19-10(8-15)7-14-13(18)11-6-9(16)2-3-12(11)17/h2-3,6,10,16-17H,4-5,7-8H2,1H3,(H,14,18). The number of nitrogens with one attached hydrogen (secondary N) is 1. The van der Waals surface area contributed by atoms with Crippen molar-refractivity contribution in [2.75, 3.05) is 33.3 Å². The predicted molar refractivity (Wildman–Crippen MR) is 69.3 cm³/mol. The summed E-state index contributed by atoms with van der Waals surface area (Å²) in [5, 5.41) is 21.6. The minimum atomic E-state index is -0.426. The molecule has 1 amide bonds. The number of hydrogen-bond donors (Lipinski definition) is 3. The Kier molecular flexibility index (Phi) is 4.24. The first-order valence-electron chi connectivity index (χ1n) is 6.16. The van der Waals surface area contributed by atoms with Crippen LogP contribution in [0.5, 0.6) is 11.5 Å². The molecule has 1 heterocycles. The van der Waals surface area contributed by atoms with Crippen LogP contribution in [0, 0.1) is 0 Å². The lowest BCUT2D eigenvalue weighted by Gasteiger charge is -2.30. The fourth-order valence-corrected chi connectivity index (χ4v) is 2.00. The van der Waals surface area contributed by atoms with E-state index in [0.717, 1.165) is 13.1 Å². The minimum Gasteiger partial charge on any atom is -0.508 e. The molecule has 0 aliphatic carbocycles. The lowest BCUT2D eigenvalue weighted by molar-refractivity contribution is -0.0175. The Balaban J connectivity index is 1.92. The number of likely N-dealkylation sites (N-methyl/N-ethyl adjacent to an activating group) is 1. The Hall–Kier alpha value is -1.79. The van der Waals surface area contributed by atoms with Crippen molar-refractivity contribution in [2.24, 2.45) is 0 Å². The van der Waals surface area contributed by atoms with E-state index in [0.29, 0.717) is 13.2 Å². The van der Waals surface area contributed by atoms with Crippen LogP contribution in [0.4, 0.5) is 0 Å². The molecule has 3 N–H and O–H groups in total. The monoisotopic (exact) mass is 266 g/mol. The molecule has 2 rings (SSSR count). The van der Waals surface area contributed by atoms with E-state index in [4.69, 9.17) is 4.74 Å². The second kappa shape index (κ2) is 5.90. The summed E-state index contributed by atoms with van der Waals surface area (Å²) in [7, 11) is 2.00. The molecule has 0 bridgehead atoms. The van der Waals surface area contributed by atoms with Crippen LogP contribution in [0.1, 0.15) is 10.4 Å². The van der Waals surface area contributed by atoms with Crippen LogP contribution in [0.2, 0.25) is 0 Å². The van der Waals surface area contributed by atoms with Crippen molar-refractivity contribution in [3.05, 3.63) is 23.8 Å². The van der Waals surface area contributed by atoms with Gasteiger partial charge >= 0.3 is 0 Å². The third-order valence-electron chi connectivity index (χ3n) is 3.06. The summed E-state index contributed by atoms with van der Waals surface area (Å²) < 4.78 is 5.52. The topological polar surface area (TPSA) is 82.0 Å². The Morgan fingerprint density at radius 2 is 2.32 bits per heavy atom. The first kappa shape index (κ1) is 13.6. The van der Waals surface area contributed by atoms with Gasteiger partial charge in [0.15, 0.2) is 0 Å². The van der Waals surface area contributed by atoms with E-state index in [-0.39, 0.29) is 23.2 Å². The van der Waals surface area contributed by atoms with Crippen LogP contribution in [0.15, 0.2) is 18.2 Å². The number of rotatable bonds is 3. The van der Waals surface area contributed by atoms with Crippen LogP contribution < -0.4 is 5.32 Å². The number of carbonyl (C=O) groups is 1. The predicted octanol–water partition coefficient (Wildman–Crippen LogP) is 0.158. The Morgan fingerprint density at radius 3 is 3.05 bits per heavy atom. The molecule has 0 radical (unpaired) electrons. The summed E-state index contributed by atoms with van der Waals surface area (Å²) in [4.78, 5) is 14.0. The summed E-state index contributed by atoms with van der Waals surface area (Å²) in [5.74, 6) is -0.640. The van der Waals surface area contributed by atoms with Gasteiger partial charge in [0.1, 0.15) is 11.5 Å². The molecule has 6 nitrogen and oxygen atoms in total. The van der Waals surface area contributed by atoms with Gasteiger partial charge in [-0.05, 0) is 25.2 Å². The van der Waals surface area contributed by atoms with Crippen molar-refractivity contribution >= 4 is 5.91 Å². The van der Waals surface area contributed by atoms with Crippen LogP contribution >= 0.6 is 0 Å². The number of nitrogens with zero attached hydrogens (tertiary/aromatic N) is 1. The summed E-state index contributed by atoms with van der Waals surface area (Å²) in [6.07, 6.45) is -0.0536. The zero-order chi connectivity index (χ0) is 13.8. The highest BCUT2D eigenvalue weighted by Crippen LogP contribution is 2.21. The third-order valence-corrected chi connectivity index (χ3v) is 3.06. The maximum atomic E-state index is 11.9. The molecule has 1 atom stereocenters. The van der Waals surface area contributed by atoms with Gasteiger partial charge in [0.2, 0.25) is 0 Å². The van der Waals surface area contributed by atoms with Gasteiger partial charge in [0.05, 0.1) is 18.3 Å². The summed E-state index contributed by atoms with van der Waals surface area (Å²) in [6, 6.07) is 3.85. The smallest absolute Gasteiger partial charge is 0.255 e. The number of aromatic hydroxyl groups is 2. The van der Waals surface area contributed by atoms with Crippen molar-refractivity contribution in [3.8, 4) is 11.5 Å². The summed E-state index contributed by atoms with van der Waals surface area (Å²) >= 11 is 0. The van der Waals surface area contributed by atoms with E-state index in [1.54, 1.807) is 0 Å². The highest BCUT2D eigenvalue weighted by Gasteiger charge is 2.19. The van der Waals surface area contributed by atoms with Gasteiger partial charge in [-0.3, -0.25) is 4.79 Å². The number of phenols is 2. The largest absolute Gasteiger partial charge is 0.508 e. The molecule has 0 saturated carbocycles. The van der Waals surface area contributed by atoms with Crippen LogP contribution in [-0.2, 0) is 4.74 Å². The van der Waals surface area contributed by atoms with Gasteiger partial charge < -0.3 is 25.2 Å². The van der Waals surface area contributed by atoms with Crippen molar-refractivity contribution in [3.63, 3.8) is 0 Å². The number of morpholine rings is 1. The minimum absolute atomic E-state index is 0.0536. The van der Waals surface area contributed by atoms with Gasteiger partial charge in [-0.2, -0.15) is 0 Å². The maximum Gasteiger partial charge on any atom is 0.255 e. The van der Waals surface area contributed by atoms with E-state index in [9.17, 15) is 15.0 Å². The number of ether oxygens (including phenoxy) is 1. The Bertz CT molecular complexity index is 464. The van der Waals surface area contributed by atoms with Gasteiger partial charge in [0.25, 0.3) is 5.91 Å². The highest BCUT2D eigenvalue weighted by atomic mass is 16.5. The molecule has 1 aliphatic heterocycles. The fraction of sp³-hybridized carbons (Fsp3) is 0.462. The number of hydrogen-bond acceptors (Lipinski definition) is 5. The quantitative estimate of drug-likeness (QED) is 0.679. The Labute approximate surface area is 111 Å². The van der Waals surface area contributed by atoms with Gasteiger partial charge in [-0.25, -0.2) is 0 Å². The lowest BCUT2D eigenvalue weighted by atomic mass is 10.1. The Morgan fingerprint density at radius 1 is 1.53 bits per heavy atom. The van der Waals surface area contributed by atoms with E-state index in [1.165, 1.54) is 18.2 Å². The second-order valence-electron chi connectivity index (χ2n) is 4.67. The molecule has 104 valence electrons.